The molecule has 34 heavy (non-hydrogen) atoms. The van der Waals surface area contributed by atoms with Gasteiger partial charge in [-0.05, 0) is 67.2 Å². The zero-order valence-corrected chi connectivity index (χ0v) is 19.9. The van der Waals surface area contributed by atoms with E-state index in [9.17, 15) is 18.8 Å². The molecule has 1 aliphatic heterocycles. The van der Waals surface area contributed by atoms with Crippen LogP contribution in [0.15, 0.2) is 48.5 Å². The number of hydrogen-bond donors (Lipinski definition) is 2. The molecule has 2 N–H and O–H groups in total. The molecule has 0 aliphatic carbocycles. The lowest BCUT2D eigenvalue weighted by Crippen LogP contribution is -2.49. The average Bonchev–Trinajstić information content (AvgIpc) is 3.04. The molecule has 10 heteroatoms. The lowest BCUT2D eigenvalue weighted by Gasteiger charge is -2.24. The molecule has 2 aromatic carbocycles. The summed E-state index contributed by atoms with van der Waals surface area (Å²) in [7, 11) is 1.53. The van der Waals surface area contributed by atoms with E-state index < -0.39 is 23.7 Å². The number of nitrogens with one attached hydrogen (secondary N) is 2. The average molecular weight is 487 g/mol. The van der Waals surface area contributed by atoms with Crippen molar-refractivity contribution in [3.05, 3.63) is 54.3 Å². The van der Waals surface area contributed by atoms with Crippen LogP contribution in [0.25, 0.3) is 0 Å². The Labute approximate surface area is 203 Å². The molecule has 8 nitrogen and oxygen atoms in total. The molecule has 2 aromatic rings. The summed E-state index contributed by atoms with van der Waals surface area (Å²) in [6.45, 7) is 2.04. The number of rotatable bonds is 10. The zero-order valence-electron chi connectivity index (χ0n) is 19.0. The summed E-state index contributed by atoms with van der Waals surface area (Å²) in [5.41, 5.74) is 3.58. The van der Waals surface area contributed by atoms with E-state index in [2.05, 4.69) is 10.7 Å². The minimum absolute atomic E-state index is 0.0681. The number of thiocarbonyl (C=S) groups is 1. The van der Waals surface area contributed by atoms with E-state index >= 15 is 0 Å². The molecule has 1 heterocycles. The molecule has 180 valence electrons. The van der Waals surface area contributed by atoms with E-state index in [1.54, 1.807) is 24.3 Å². The lowest BCUT2D eigenvalue weighted by atomic mass is 10.1. The Kier molecular flexibility index (Phi) is 8.53. The quantitative estimate of drug-likeness (QED) is 0.392. The number of unbranched alkanes of at least 4 members (excludes halogenated alkanes) is 2. The van der Waals surface area contributed by atoms with Crippen molar-refractivity contribution in [2.75, 3.05) is 17.3 Å². The van der Waals surface area contributed by atoms with Gasteiger partial charge in [-0.3, -0.25) is 24.7 Å². The van der Waals surface area contributed by atoms with Gasteiger partial charge in [-0.15, -0.1) is 0 Å². The van der Waals surface area contributed by atoms with Gasteiger partial charge in [-0.25, -0.2) is 9.40 Å². The van der Waals surface area contributed by atoms with Crippen LogP contribution in [0.3, 0.4) is 0 Å². The third kappa shape index (κ3) is 6.07. The maximum absolute atomic E-state index is 13.3. The number of benzene rings is 2. The van der Waals surface area contributed by atoms with Gasteiger partial charge >= 0.3 is 0 Å². The molecular formula is C24H27FN4O4S. The highest BCUT2D eigenvalue weighted by molar-refractivity contribution is 7.80. The number of nitrogens with zero attached hydrogens (tertiary/aromatic N) is 2. The number of methoxy groups -OCH3 is 1. The molecule has 0 aromatic heterocycles. The third-order valence-electron chi connectivity index (χ3n) is 5.30. The maximum Gasteiger partial charge on any atom is 0.258 e. The Morgan fingerprint density at radius 3 is 2.35 bits per heavy atom. The van der Waals surface area contributed by atoms with Crippen LogP contribution < -0.4 is 20.4 Å². The molecule has 0 radical (unpaired) electrons. The Hall–Kier alpha value is -3.53. The van der Waals surface area contributed by atoms with Gasteiger partial charge in [0.25, 0.3) is 5.91 Å². The van der Waals surface area contributed by atoms with Gasteiger partial charge in [0, 0.05) is 12.1 Å². The van der Waals surface area contributed by atoms with Gasteiger partial charge in [0.15, 0.2) is 0 Å². The van der Waals surface area contributed by atoms with Crippen molar-refractivity contribution in [3.63, 3.8) is 0 Å². The van der Waals surface area contributed by atoms with Crippen molar-refractivity contribution >= 4 is 46.4 Å². The number of carbonyl (C=O) groups excluding carboxylic acids is 3. The van der Waals surface area contributed by atoms with Crippen molar-refractivity contribution in [3.8, 4) is 5.75 Å². The second-order valence-corrected chi connectivity index (χ2v) is 8.16. The molecule has 0 saturated carbocycles. The lowest BCUT2D eigenvalue weighted by molar-refractivity contribution is -0.129. The van der Waals surface area contributed by atoms with Crippen LogP contribution in [0.4, 0.5) is 15.8 Å². The molecule has 0 bridgehead atoms. The van der Waals surface area contributed by atoms with Crippen molar-refractivity contribution in [1.29, 1.82) is 0 Å². The van der Waals surface area contributed by atoms with E-state index in [1.807, 2.05) is 6.92 Å². The predicted molar refractivity (Wildman–Crippen MR) is 131 cm³/mol. The number of hydrazine groups is 1. The normalized spacial score (nSPS) is 15.4. The number of anilines is 2. The fourth-order valence-electron chi connectivity index (χ4n) is 3.51. The van der Waals surface area contributed by atoms with Crippen LogP contribution >= 0.6 is 12.2 Å². The smallest absolute Gasteiger partial charge is 0.258 e. The third-order valence-corrected chi connectivity index (χ3v) is 5.68. The summed E-state index contributed by atoms with van der Waals surface area (Å²) in [5, 5.41) is 3.99. The summed E-state index contributed by atoms with van der Waals surface area (Å²) in [6.07, 6.45) is 2.58. The standard InChI is InChI=1S/C24H27FN4O4S/c1-3-4-5-6-21(30)27-29-20(15-22(31)26-17-9-7-16(25)8-10-17)23(32)28(24(29)34)18-11-13-19(33-2)14-12-18/h7-14,20H,3-6,15H2,1-2H3,(H,26,31)(H,27,30). The maximum atomic E-state index is 13.3. The molecule has 1 saturated heterocycles. The Balaban J connectivity index is 1.80. The summed E-state index contributed by atoms with van der Waals surface area (Å²) >= 11 is 5.52. The summed E-state index contributed by atoms with van der Waals surface area (Å²) in [6, 6.07) is 11.0. The minimum atomic E-state index is -1.04. The van der Waals surface area contributed by atoms with Crippen LogP contribution in [0.5, 0.6) is 5.75 Å². The Bertz CT molecular complexity index is 1050. The molecule has 0 spiro atoms. The molecule has 3 rings (SSSR count). The van der Waals surface area contributed by atoms with Crippen molar-refractivity contribution in [2.45, 2.75) is 45.1 Å². The van der Waals surface area contributed by atoms with Crippen LogP contribution in [0.2, 0.25) is 0 Å². The van der Waals surface area contributed by atoms with E-state index in [0.717, 1.165) is 12.8 Å². The van der Waals surface area contributed by atoms with Crippen LogP contribution in [0.1, 0.15) is 39.0 Å². The topological polar surface area (TPSA) is 91.0 Å². The van der Waals surface area contributed by atoms with Gasteiger partial charge in [-0.1, -0.05) is 19.8 Å². The van der Waals surface area contributed by atoms with Gasteiger partial charge in [0.1, 0.15) is 17.6 Å². The van der Waals surface area contributed by atoms with Crippen LogP contribution in [-0.2, 0) is 14.4 Å². The van der Waals surface area contributed by atoms with Crippen LogP contribution in [-0.4, -0.2) is 41.0 Å². The highest BCUT2D eigenvalue weighted by Gasteiger charge is 2.45. The predicted octanol–water partition coefficient (Wildman–Crippen LogP) is 3.78. The molecule has 1 fully saturated rings. The monoisotopic (exact) mass is 486 g/mol. The minimum Gasteiger partial charge on any atom is -0.497 e. The largest absolute Gasteiger partial charge is 0.497 e. The molecule has 1 atom stereocenters. The molecule has 3 amide bonds. The first-order chi connectivity index (χ1) is 16.3. The molecule has 1 unspecified atom stereocenters. The first kappa shape index (κ1) is 25.1. The van der Waals surface area contributed by atoms with Gasteiger partial charge in [0.2, 0.25) is 16.9 Å². The first-order valence-electron chi connectivity index (χ1n) is 11.0. The molecule has 1 aliphatic rings. The molecular weight excluding hydrogens is 459 g/mol. The number of carbonyl (C=O) groups is 3. The van der Waals surface area contributed by atoms with Crippen LogP contribution in [0, 0.1) is 5.82 Å². The van der Waals surface area contributed by atoms with E-state index in [-0.39, 0.29) is 23.9 Å². The van der Waals surface area contributed by atoms with Crippen molar-refractivity contribution in [2.24, 2.45) is 0 Å². The number of ether oxygens (including phenoxy) is 1. The second-order valence-electron chi connectivity index (χ2n) is 7.79. The summed E-state index contributed by atoms with van der Waals surface area (Å²) < 4.78 is 18.3. The number of hydrogen-bond acceptors (Lipinski definition) is 5. The fraction of sp³-hybridized carbons (Fsp3) is 0.333. The number of amides is 3. The Morgan fingerprint density at radius 1 is 1.06 bits per heavy atom. The van der Waals surface area contributed by atoms with Gasteiger partial charge in [0.05, 0.1) is 19.2 Å². The summed E-state index contributed by atoms with van der Waals surface area (Å²) in [5.74, 6) is -1.03. The van der Waals surface area contributed by atoms with Gasteiger partial charge in [-0.2, -0.15) is 0 Å². The van der Waals surface area contributed by atoms with Crippen molar-refractivity contribution in [1.82, 2.24) is 10.4 Å². The highest BCUT2D eigenvalue weighted by atomic mass is 32.1. The Morgan fingerprint density at radius 2 is 1.74 bits per heavy atom. The van der Waals surface area contributed by atoms with Gasteiger partial charge < -0.3 is 10.1 Å². The zero-order chi connectivity index (χ0) is 24.7. The SMILES string of the molecule is CCCCCC(=O)NN1C(=S)N(c2ccc(OC)cc2)C(=O)C1CC(=O)Nc1ccc(F)cc1. The fourth-order valence-corrected chi connectivity index (χ4v) is 3.88. The number of halogens is 1. The second kappa shape index (κ2) is 11.6. The highest BCUT2D eigenvalue weighted by Crippen LogP contribution is 2.28. The first-order valence-corrected chi connectivity index (χ1v) is 11.4. The van der Waals surface area contributed by atoms with Crippen molar-refractivity contribution < 1.29 is 23.5 Å². The van der Waals surface area contributed by atoms with E-state index in [4.69, 9.17) is 17.0 Å². The van der Waals surface area contributed by atoms with E-state index in [0.29, 0.717) is 23.5 Å². The van der Waals surface area contributed by atoms with E-state index in [1.165, 1.54) is 41.3 Å². The summed E-state index contributed by atoms with van der Waals surface area (Å²) in [4.78, 5) is 39.8.